The van der Waals surface area contributed by atoms with Crippen molar-refractivity contribution in [2.45, 2.75) is 71.3 Å². The summed E-state index contributed by atoms with van der Waals surface area (Å²) in [6.45, 7) is 8.64. The summed E-state index contributed by atoms with van der Waals surface area (Å²) in [5, 5.41) is 4.53. The smallest absolute Gasteiger partial charge is 0.272 e. The molecule has 4 rings (SSSR count). The number of likely N-dealkylation sites (tertiary alicyclic amines) is 1. The third-order valence-electron chi connectivity index (χ3n) is 7.66. The van der Waals surface area contributed by atoms with Crippen LogP contribution in [-0.2, 0) is 19.9 Å². The zero-order valence-corrected chi connectivity index (χ0v) is 20.2. The van der Waals surface area contributed by atoms with Crippen LogP contribution in [0.25, 0.3) is 0 Å². The highest BCUT2D eigenvalue weighted by Gasteiger charge is 2.32. The van der Waals surface area contributed by atoms with Gasteiger partial charge in [0, 0.05) is 26.2 Å². The average molecular weight is 437 g/mol. The molecule has 0 spiro atoms. The zero-order chi connectivity index (χ0) is 22.5. The lowest BCUT2D eigenvalue weighted by molar-refractivity contribution is 0.0588. The van der Waals surface area contributed by atoms with Gasteiger partial charge in [-0.1, -0.05) is 44.0 Å². The molecule has 0 N–H and O–H groups in total. The SMILES string of the molecule is CCc1cc(C(=O)N(CC2CCN(CCc3ccccc3C)CC2)C2CCCC2)n(C)n1. The molecule has 1 aromatic heterocycles. The fourth-order valence-electron chi connectivity index (χ4n) is 5.50. The van der Waals surface area contributed by atoms with Crippen molar-refractivity contribution in [3.05, 3.63) is 52.8 Å². The van der Waals surface area contributed by atoms with E-state index in [2.05, 4.69) is 53.0 Å². The van der Waals surface area contributed by atoms with E-state index in [0.29, 0.717) is 12.0 Å². The Bertz CT molecular complexity index is 891. The van der Waals surface area contributed by atoms with Crippen LogP contribution in [0.1, 0.15) is 72.8 Å². The Hall–Kier alpha value is -2.14. The summed E-state index contributed by atoms with van der Waals surface area (Å²) in [6, 6.07) is 11.1. The van der Waals surface area contributed by atoms with E-state index in [0.717, 1.165) is 63.3 Å². The molecule has 0 atom stereocenters. The second-order valence-electron chi connectivity index (χ2n) is 9.86. The van der Waals surface area contributed by atoms with Crippen LogP contribution in [0.4, 0.5) is 0 Å². The van der Waals surface area contributed by atoms with Crippen LogP contribution in [0, 0.1) is 12.8 Å². The minimum atomic E-state index is 0.189. The van der Waals surface area contributed by atoms with Crippen LogP contribution < -0.4 is 0 Å². The number of rotatable bonds is 8. The first-order valence-corrected chi connectivity index (χ1v) is 12.7. The van der Waals surface area contributed by atoms with Crippen LogP contribution in [0.15, 0.2) is 30.3 Å². The number of carbonyl (C=O) groups excluding carboxylic acids is 1. The van der Waals surface area contributed by atoms with Crippen LogP contribution in [0.2, 0.25) is 0 Å². The molecule has 5 heteroatoms. The average Bonchev–Trinajstić information content (AvgIpc) is 3.47. The number of piperidine rings is 1. The van der Waals surface area contributed by atoms with Gasteiger partial charge in [-0.15, -0.1) is 0 Å². The van der Waals surface area contributed by atoms with Gasteiger partial charge in [0.05, 0.1) is 5.69 Å². The van der Waals surface area contributed by atoms with E-state index >= 15 is 0 Å². The molecule has 0 radical (unpaired) electrons. The molecular weight excluding hydrogens is 396 g/mol. The van der Waals surface area contributed by atoms with Crippen molar-refractivity contribution in [3.8, 4) is 0 Å². The van der Waals surface area contributed by atoms with Gasteiger partial charge in [-0.05, 0) is 81.6 Å². The summed E-state index contributed by atoms with van der Waals surface area (Å²) < 4.78 is 1.79. The number of carbonyl (C=O) groups is 1. The van der Waals surface area contributed by atoms with Gasteiger partial charge in [-0.3, -0.25) is 9.48 Å². The lowest BCUT2D eigenvalue weighted by Gasteiger charge is -2.37. The minimum absolute atomic E-state index is 0.189. The standard InChI is InChI=1S/C27H40N4O/c1-4-24-19-26(29(3)28-24)27(32)31(25-11-7-8-12-25)20-22-13-16-30(17-14-22)18-15-23-10-6-5-9-21(23)2/h5-6,9-10,19,22,25H,4,7-8,11-18,20H2,1-3H3. The topological polar surface area (TPSA) is 41.4 Å². The van der Waals surface area contributed by atoms with Gasteiger partial charge < -0.3 is 9.80 Å². The molecule has 2 heterocycles. The molecule has 2 aliphatic rings. The van der Waals surface area contributed by atoms with E-state index in [9.17, 15) is 4.79 Å². The lowest BCUT2D eigenvalue weighted by Crippen LogP contribution is -2.45. The first-order valence-electron chi connectivity index (χ1n) is 12.7. The van der Waals surface area contributed by atoms with E-state index in [1.807, 2.05) is 13.1 Å². The lowest BCUT2D eigenvalue weighted by atomic mass is 9.94. The molecule has 5 nitrogen and oxygen atoms in total. The summed E-state index contributed by atoms with van der Waals surface area (Å²) in [6.07, 6.45) is 9.18. The third kappa shape index (κ3) is 5.43. The second-order valence-corrected chi connectivity index (χ2v) is 9.86. The summed E-state index contributed by atoms with van der Waals surface area (Å²) >= 11 is 0. The Balaban J connectivity index is 1.34. The largest absolute Gasteiger partial charge is 0.334 e. The van der Waals surface area contributed by atoms with Gasteiger partial charge >= 0.3 is 0 Å². The molecule has 174 valence electrons. The molecule has 0 bridgehead atoms. The van der Waals surface area contributed by atoms with E-state index in [4.69, 9.17) is 0 Å². The zero-order valence-electron chi connectivity index (χ0n) is 20.2. The Morgan fingerprint density at radius 2 is 1.84 bits per heavy atom. The normalized spacial score (nSPS) is 18.3. The second kappa shape index (κ2) is 10.7. The number of hydrogen-bond acceptors (Lipinski definition) is 3. The van der Waals surface area contributed by atoms with Crippen LogP contribution in [0.3, 0.4) is 0 Å². The third-order valence-corrected chi connectivity index (χ3v) is 7.66. The molecule has 1 aliphatic carbocycles. The van der Waals surface area contributed by atoms with Crippen molar-refractivity contribution in [3.63, 3.8) is 0 Å². The van der Waals surface area contributed by atoms with E-state index in [1.54, 1.807) is 4.68 Å². The summed E-state index contributed by atoms with van der Waals surface area (Å²) in [4.78, 5) is 18.4. The fraction of sp³-hybridized carbons (Fsp3) is 0.630. The molecule has 1 aromatic carbocycles. The highest BCUT2D eigenvalue weighted by atomic mass is 16.2. The van der Waals surface area contributed by atoms with Gasteiger partial charge in [0.15, 0.2) is 0 Å². The van der Waals surface area contributed by atoms with Gasteiger partial charge in [-0.25, -0.2) is 0 Å². The Labute approximate surface area is 193 Å². The van der Waals surface area contributed by atoms with Gasteiger partial charge in [0.25, 0.3) is 5.91 Å². The molecule has 0 unspecified atom stereocenters. The number of benzene rings is 1. The number of aryl methyl sites for hydroxylation is 3. The maximum Gasteiger partial charge on any atom is 0.272 e. The monoisotopic (exact) mass is 436 g/mol. The molecular formula is C27H40N4O. The summed E-state index contributed by atoms with van der Waals surface area (Å²) in [7, 11) is 1.91. The highest BCUT2D eigenvalue weighted by molar-refractivity contribution is 5.93. The first-order chi connectivity index (χ1) is 15.5. The van der Waals surface area contributed by atoms with Crippen LogP contribution in [-0.4, -0.2) is 57.7 Å². The maximum atomic E-state index is 13.6. The van der Waals surface area contributed by atoms with Crippen molar-refractivity contribution < 1.29 is 4.79 Å². The van der Waals surface area contributed by atoms with E-state index < -0.39 is 0 Å². The minimum Gasteiger partial charge on any atom is -0.334 e. The number of nitrogens with zero attached hydrogens (tertiary/aromatic N) is 4. The Morgan fingerprint density at radius 3 is 2.50 bits per heavy atom. The maximum absolute atomic E-state index is 13.6. The number of aromatic nitrogens is 2. The van der Waals surface area contributed by atoms with Crippen LogP contribution >= 0.6 is 0 Å². The first kappa shape index (κ1) is 23.0. The molecule has 1 saturated heterocycles. The van der Waals surface area contributed by atoms with Crippen molar-refractivity contribution in [2.24, 2.45) is 13.0 Å². The van der Waals surface area contributed by atoms with Gasteiger partial charge in [0.1, 0.15) is 5.69 Å². The molecule has 32 heavy (non-hydrogen) atoms. The molecule has 1 aliphatic heterocycles. The van der Waals surface area contributed by atoms with Gasteiger partial charge in [0.2, 0.25) is 0 Å². The van der Waals surface area contributed by atoms with Crippen molar-refractivity contribution in [1.29, 1.82) is 0 Å². The highest BCUT2D eigenvalue weighted by Crippen LogP contribution is 2.28. The van der Waals surface area contributed by atoms with E-state index in [1.165, 1.54) is 36.8 Å². The quantitative estimate of drug-likeness (QED) is 0.606. The van der Waals surface area contributed by atoms with E-state index in [-0.39, 0.29) is 5.91 Å². The van der Waals surface area contributed by atoms with Crippen molar-refractivity contribution in [1.82, 2.24) is 19.6 Å². The molecule has 1 amide bonds. The Kier molecular flexibility index (Phi) is 7.67. The number of hydrogen-bond donors (Lipinski definition) is 0. The molecule has 2 aromatic rings. The summed E-state index contributed by atoms with van der Waals surface area (Å²) in [5.41, 5.74) is 4.62. The van der Waals surface area contributed by atoms with Crippen LogP contribution in [0.5, 0.6) is 0 Å². The predicted octanol–water partition coefficient (Wildman–Crippen LogP) is 4.63. The number of amides is 1. The molecule has 2 fully saturated rings. The Morgan fingerprint density at radius 1 is 1.12 bits per heavy atom. The van der Waals surface area contributed by atoms with Crippen molar-refractivity contribution in [2.75, 3.05) is 26.2 Å². The molecule has 1 saturated carbocycles. The van der Waals surface area contributed by atoms with Gasteiger partial charge in [-0.2, -0.15) is 5.10 Å². The fourth-order valence-corrected chi connectivity index (χ4v) is 5.50. The summed E-state index contributed by atoms with van der Waals surface area (Å²) in [5.74, 6) is 0.793. The predicted molar refractivity (Wildman–Crippen MR) is 130 cm³/mol. The van der Waals surface area contributed by atoms with Crippen molar-refractivity contribution >= 4 is 5.91 Å².